The van der Waals surface area contributed by atoms with Crippen molar-refractivity contribution in [1.29, 1.82) is 0 Å². The molecule has 1 aromatic carbocycles. The average molecular weight is 402 g/mol. The SMILES string of the molecule is CCc1cc(C(=O)OC)ccc1NC(=O)c1ccc2c(Br)cnn2c1. The first kappa shape index (κ1) is 17.2. The highest BCUT2D eigenvalue weighted by Gasteiger charge is 2.13. The molecule has 0 unspecified atom stereocenters. The number of carbonyl (C=O) groups excluding carboxylic acids is 2. The van der Waals surface area contributed by atoms with E-state index in [9.17, 15) is 9.59 Å². The predicted octanol–water partition coefficient (Wildman–Crippen LogP) is 3.70. The molecule has 3 aromatic rings. The highest BCUT2D eigenvalue weighted by atomic mass is 79.9. The maximum absolute atomic E-state index is 12.6. The number of ether oxygens (including phenoxy) is 1. The summed E-state index contributed by atoms with van der Waals surface area (Å²) in [5.41, 5.74) is 3.36. The maximum atomic E-state index is 12.6. The fourth-order valence-electron chi connectivity index (χ4n) is 2.53. The van der Waals surface area contributed by atoms with Crippen LogP contribution >= 0.6 is 15.9 Å². The van der Waals surface area contributed by atoms with Crippen LogP contribution in [-0.4, -0.2) is 28.6 Å². The molecule has 0 aliphatic carbocycles. The number of anilines is 1. The van der Waals surface area contributed by atoms with Crippen molar-refractivity contribution >= 4 is 39.0 Å². The van der Waals surface area contributed by atoms with Gasteiger partial charge in [-0.2, -0.15) is 5.10 Å². The minimum Gasteiger partial charge on any atom is -0.465 e. The maximum Gasteiger partial charge on any atom is 0.337 e. The van der Waals surface area contributed by atoms with Gasteiger partial charge in [0.2, 0.25) is 0 Å². The highest BCUT2D eigenvalue weighted by Crippen LogP contribution is 2.21. The van der Waals surface area contributed by atoms with Gasteiger partial charge in [0.05, 0.1) is 34.4 Å². The fourth-order valence-corrected chi connectivity index (χ4v) is 2.94. The van der Waals surface area contributed by atoms with Gasteiger partial charge in [-0.3, -0.25) is 4.79 Å². The third-order valence-electron chi connectivity index (χ3n) is 3.89. The molecule has 0 radical (unpaired) electrons. The summed E-state index contributed by atoms with van der Waals surface area (Å²) in [6.07, 6.45) is 4.02. The zero-order valence-corrected chi connectivity index (χ0v) is 15.3. The van der Waals surface area contributed by atoms with Crippen molar-refractivity contribution in [2.24, 2.45) is 0 Å². The molecule has 2 aromatic heterocycles. The second kappa shape index (κ2) is 7.06. The lowest BCUT2D eigenvalue weighted by molar-refractivity contribution is 0.0600. The first-order chi connectivity index (χ1) is 12.0. The Bertz CT molecular complexity index is 965. The lowest BCUT2D eigenvalue weighted by Gasteiger charge is -2.11. The largest absolute Gasteiger partial charge is 0.465 e. The molecule has 3 rings (SSSR count). The first-order valence-corrected chi connectivity index (χ1v) is 8.48. The van der Waals surface area contributed by atoms with Crippen molar-refractivity contribution in [2.45, 2.75) is 13.3 Å². The number of esters is 1. The number of fused-ring (bicyclic) bond motifs is 1. The van der Waals surface area contributed by atoms with Crippen LogP contribution in [0, 0.1) is 0 Å². The Morgan fingerprint density at radius 3 is 2.72 bits per heavy atom. The van der Waals surface area contributed by atoms with Gasteiger partial charge in [-0.15, -0.1) is 0 Å². The number of rotatable bonds is 4. The summed E-state index contributed by atoms with van der Waals surface area (Å²) in [4.78, 5) is 24.2. The van der Waals surface area contributed by atoms with Crippen molar-refractivity contribution in [3.05, 3.63) is 63.9 Å². The molecule has 7 heteroatoms. The summed E-state index contributed by atoms with van der Waals surface area (Å²) in [7, 11) is 1.34. The number of hydrogen-bond acceptors (Lipinski definition) is 4. The molecule has 128 valence electrons. The average Bonchev–Trinajstić information content (AvgIpc) is 3.01. The summed E-state index contributed by atoms with van der Waals surface area (Å²) < 4.78 is 7.23. The third kappa shape index (κ3) is 3.41. The number of aryl methyl sites for hydroxylation is 1. The van der Waals surface area contributed by atoms with Crippen molar-refractivity contribution in [3.63, 3.8) is 0 Å². The standard InChI is InChI=1S/C18H16BrN3O3/c1-3-11-8-12(18(24)25-2)4-6-15(11)21-17(23)13-5-7-16-14(19)9-20-22(16)10-13/h4-10H,3H2,1-2H3,(H,21,23). The van der Waals surface area contributed by atoms with Crippen LogP contribution in [0.15, 0.2) is 47.2 Å². The monoisotopic (exact) mass is 401 g/mol. The van der Waals surface area contributed by atoms with E-state index < -0.39 is 5.97 Å². The van der Waals surface area contributed by atoms with E-state index in [-0.39, 0.29) is 5.91 Å². The number of hydrogen-bond donors (Lipinski definition) is 1. The molecule has 2 heterocycles. The van der Waals surface area contributed by atoms with E-state index in [1.54, 1.807) is 41.2 Å². The van der Waals surface area contributed by atoms with Crippen molar-refractivity contribution < 1.29 is 14.3 Å². The Balaban J connectivity index is 1.87. The number of carbonyl (C=O) groups is 2. The van der Waals surface area contributed by atoms with Gasteiger partial charge in [0.15, 0.2) is 0 Å². The molecule has 0 saturated carbocycles. The van der Waals surface area contributed by atoms with E-state index in [0.717, 1.165) is 15.6 Å². The van der Waals surface area contributed by atoms with Crippen LogP contribution in [0.5, 0.6) is 0 Å². The van der Waals surface area contributed by atoms with Gasteiger partial charge in [0.1, 0.15) is 0 Å². The zero-order chi connectivity index (χ0) is 18.0. The molecular formula is C18H16BrN3O3. The van der Waals surface area contributed by atoms with Crippen LogP contribution in [0.1, 0.15) is 33.2 Å². The van der Waals surface area contributed by atoms with Gasteiger partial charge in [-0.05, 0) is 58.2 Å². The normalized spacial score (nSPS) is 10.7. The summed E-state index contributed by atoms with van der Waals surface area (Å²) in [5.74, 6) is -0.642. The van der Waals surface area contributed by atoms with Crippen LogP contribution in [0.25, 0.3) is 5.52 Å². The molecule has 1 amide bonds. The van der Waals surface area contributed by atoms with Crippen LogP contribution in [-0.2, 0) is 11.2 Å². The van der Waals surface area contributed by atoms with Crippen LogP contribution in [0.2, 0.25) is 0 Å². The minimum absolute atomic E-state index is 0.242. The topological polar surface area (TPSA) is 72.7 Å². The minimum atomic E-state index is -0.401. The Morgan fingerprint density at radius 1 is 1.24 bits per heavy atom. The fraction of sp³-hybridized carbons (Fsp3) is 0.167. The second-order valence-electron chi connectivity index (χ2n) is 5.41. The van der Waals surface area contributed by atoms with Crippen LogP contribution in [0.3, 0.4) is 0 Å². The van der Waals surface area contributed by atoms with E-state index in [0.29, 0.717) is 23.2 Å². The van der Waals surface area contributed by atoms with Crippen LogP contribution < -0.4 is 5.32 Å². The number of aromatic nitrogens is 2. The summed E-state index contributed by atoms with van der Waals surface area (Å²) in [6.45, 7) is 1.96. The lowest BCUT2D eigenvalue weighted by Crippen LogP contribution is -2.14. The van der Waals surface area contributed by atoms with E-state index in [2.05, 4.69) is 26.3 Å². The van der Waals surface area contributed by atoms with Gasteiger partial charge in [-0.1, -0.05) is 6.92 Å². The van der Waals surface area contributed by atoms with Crippen molar-refractivity contribution in [1.82, 2.24) is 9.61 Å². The summed E-state index contributed by atoms with van der Waals surface area (Å²) in [5, 5.41) is 7.07. The van der Waals surface area contributed by atoms with Crippen LogP contribution in [0.4, 0.5) is 5.69 Å². The molecule has 0 spiro atoms. The molecule has 0 bridgehead atoms. The summed E-state index contributed by atoms with van der Waals surface area (Å²) in [6, 6.07) is 8.65. The predicted molar refractivity (Wildman–Crippen MR) is 98.0 cm³/mol. The zero-order valence-electron chi connectivity index (χ0n) is 13.7. The number of amides is 1. The molecular weight excluding hydrogens is 386 g/mol. The molecule has 0 aliphatic rings. The van der Waals surface area contributed by atoms with Gasteiger partial charge in [0.25, 0.3) is 5.91 Å². The van der Waals surface area contributed by atoms with Gasteiger partial charge < -0.3 is 10.1 Å². The Morgan fingerprint density at radius 2 is 2.00 bits per heavy atom. The second-order valence-corrected chi connectivity index (χ2v) is 6.27. The molecule has 0 atom stereocenters. The number of pyridine rings is 1. The third-order valence-corrected chi connectivity index (χ3v) is 4.50. The lowest BCUT2D eigenvalue weighted by atomic mass is 10.1. The summed E-state index contributed by atoms with van der Waals surface area (Å²) >= 11 is 3.40. The molecule has 6 nitrogen and oxygen atoms in total. The molecule has 0 aliphatic heterocycles. The highest BCUT2D eigenvalue weighted by molar-refractivity contribution is 9.10. The van der Waals surface area contributed by atoms with Crippen molar-refractivity contribution in [3.8, 4) is 0 Å². The van der Waals surface area contributed by atoms with Gasteiger partial charge >= 0.3 is 5.97 Å². The Hall–Kier alpha value is -2.67. The number of nitrogens with one attached hydrogen (secondary N) is 1. The van der Waals surface area contributed by atoms with Crippen molar-refractivity contribution in [2.75, 3.05) is 12.4 Å². The van der Waals surface area contributed by atoms with E-state index in [4.69, 9.17) is 4.74 Å². The Labute approximate surface area is 152 Å². The van der Waals surface area contributed by atoms with Gasteiger partial charge in [0, 0.05) is 11.9 Å². The molecule has 25 heavy (non-hydrogen) atoms. The number of benzene rings is 1. The quantitative estimate of drug-likeness (QED) is 0.676. The molecule has 0 saturated heterocycles. The number of methoxy groups -OCH3 is 1. The first-order valence-electron chi connectivity index (χ1n) is 7.69. The number of nitrogens with zero attached hydrogens (tertiary/aromatic N) is 2. The van der Waals surface area contributed by atoms with Gasteiger partial charge in [-0.25, -0.2) is 9.31 Å². The molecule has 0 fully saturated rings. The van der Waals surface area contributed by atoms with E-state index >= 15 is 0 Å². The number of halogens is 1. The molecule has 1 N–H and O–H groups in total. The smallest absolute Gasteiger partial charge is 0.337 e. The van der Waals surface area contributed by atoms with E-state index in [1.165, 1.54) is 7.11 Å². The van der Waals surface area contributed by atoms with E-state index in [1.807, 2.05) is 13.0 Å². The Kier molecular flexibility index (Phi) is 4.85.